The second-order valence-corrected chi connectivity index (χ2v) is 7.53. The summed E-state index contributed by atoms with van der Waals surface area (Å²) in [5.41, 5.74) is 2.50. The van der Waals surface area contributed by atoms with Gasteiger partial charge >= 0.3 is 0 Å². The molecule has 1 heterocycles. The van der Waals surface area contributed by atoms with Gasteiger partial charge in [-0.1, -0.05) is 41.4 Å². The molecule has 152 valence electrons. The SMILES string of the molecule is Cc1ccc(C(=O)NCc2ccc(CS(=O)[O-])cc2)c(=O)n1-c1cccc(C#N)c1. The van der Waals surface area contributed by atoms with E-state index in [1.54, 1.807) is 61.5 Å². The van der Waals surface area contributed by atoms with Gasteiger partial charge in [0.25, 0.3) is 11.5 Å². The van der Waals surface area contributed by atoms with Gasteiger partial charge in [-0.25, -0.2) is 0 Å². The van der Waals surface area contributed by atoms with Crippen LogP contribution in [0.5, 0.6) is 0 Å². The first-order valence-corrected chi connectivity index (χ1v) is 10.3. The summed E-state index contributed by atoms with van der Waals surface area (Å²) in [6.45, 7) is 1.94. The predicted octanol–water partition coefficient (Wildman–Crippen LogP) is 2.33. The van der Waals surface area contributed by atoms with Gasteiger partial charge in [-0.2, -0.15) is 5.26 Å². The standard InChI is InChI=1S/C22H19N3O4S/c1-15-5-10-20(22(27)25(15)19-4-2-3-18(11-19)12-23)21(26)24-13-16-6-8-17(9-7-16)14-30(28)29/h2-11H,13-14H2,1H3,(H,24,26)(H,28,29)/p-1. The number of rotatable bonds is 6. The molecular formula is C22H18N3O4S-. The van der Waals surface area contributed by atoms with Crippen LogP contribution in [0.25, 0.3) is 5.69 Å². The zero-order valence-electron chi connectivity index (χ0n) is 16.1. The Morgan fingerprint density at radius 2 is 1.83 bits per heavy atom. The third-order valence-electron chi connectivity index (χ3n) is 4.52. The first-order chi connectivity index (χ1) is 14.4. The molecule has 0 aliphatic carbocycles. The first kappa shape index (κ1) is 21.2. The molecule has 1 aromatic heterocycles. The van der Waals surface area contributed by atoms with Gasteiger partial charge in [0.1, 0.15) is 5.56 Å². The zero-order chi connectivity index (χ0) is 21.7. The number of hydrogen-bond donors (Lipinski definition) is 1. The van der Waals surface area contributed by atoms with Crippen molar-refractivity contribution < 1.29 is 13.6 Å². The van der Waals surface area contributed by atoms with Gasteiger partial charge in [-0.15, -0.1) is 0 Å². The van der Waals surface area contributed by atoms with Crippen molar-refractivity contribution in [2.75, 3.05) is 0 Å². The third kappa shape index (κ3) is 4.89. The van der Waals surface area contributed by atoms with E-state index in [-0.39, 0.29) is 17.9 Å². The second kappa shape index (κ2) is 9.31. The quantitative estimate of drug-likeness (QED) is 0.615. The normalized spacial score (nSPS) is 11.5. The highest BCUT2D eigenvalue weighted by Gasteiger charge is 2.15. The lowest BCUT2D eigenvalue weighted by Crippen LogP contribution is -2.33. The van der Waals surface area contributed by atoms with Crippen molar-refractivity contribution in [2.24, 2.45) is 0 Å². The minimum Gasteiger partial charge on any atom is -0.772 e. The largest absolute Gasteiger partial charge is 0.772 e. The molecule has 0 saturated carbocycles. The highest BCUT2D eigenvalue weighted by atomic mass is 32.2. The fraction of sp³-hybridized carbons (Fsp3) is 0.136. The van der Waals surface area contributed by atoms with E-state index in [0.29, 0.717) is 22.5 Å². The number of pyridine rings is 1. The average Bonchev–Trinajstić information content (AvgIpc) is 2.73. The molecule has 3 aromatic rings. The number of nitriles is 1. The van der Waals surface area contributed by atoms with Crippen LogP contribution in [0.15, 0.2) is 65.5 Å². The van der Waals surface area contributed by atoms with Crippen molar-refractivity contribution in [1.82, 2.24) is 9.88 Å². The molecular weight excluding hydrogens is 402 g/mol. The summed E-state index contributed by atoms with van der Waals surface area (Å²) >= 11 is -2.16. The van der Waals surface area contributed by atoms with Crippen LogP contribution >= 0.6 is 0 Å². The first-order valence-electron chi connectivity index (χ1n) is 9.04. The Hall–Kier alpha value is -3.54. The van der Waals surface area contributed by atoms with E-state index < -0.39 is 22.5 Å². The van der Waals surface area contributed by atoms with Crippen LogP contribution in [0.3, 0.4) is 0 Å². The van der Waals surface area contributed by atoms with Crippen LogP contribution in [0.4, 0.5) is 0 Å². The van der Waals surface area contributed by atoms with E-state index in [4.69, 9.17) is 5.26 Å². The molecule has 30 heavy (non-hydrogen) atoms. The van der Waals surface area contributed by atoms with E-state index in [0.717, 1.165) is 5.56 Å². The Morgan fingerprint density at radius 3 is 2.50 bits per heavy atom. The smallest absolute Gasteiger partial charge is 0.268 e. The Morgan fingerprint density at radius 1 is 1.13 bits per heavy atom. The van der Waals surface area contributed by atoms with E-state index >= 15 is 0 Å². The van der Waals surface area contributed by atoms with E-state index in [1.165, 1.54) is 10.6 Å². The van der Waals surface area contributed by atoms with Gasteiger partial charge in [-0.05, 0) is 48.4 Å². The maximum absolute atomic E-state index is 13.0. The Labute approximate surface area is 175 Å². The minimum atomic E-state index is -2.16. The molecule has 1 N–H and O–H groups in total. The highest BCUT2D eigenvalue weighted by Crippen LogP contribution is 2.12. The summed E-state index contributed by atoms with van der Waals surface area (Å²) < 4.78 is 22.9. The van der Waals surface area contributed by atoms with Crippen molar-refractivity contribution >= 4 is 17.0 Å². The predicted molar refractivity (Wildman–Crippen MR) is 112 cm³/mol. The van der Waals surface area contributed by atoms with E-state index in [1.807, 2.05) is 6.07 Å². The number of amides is 1. The number of benzene rings is 2. The van der Waals surface area contributed by atoms with Crippen molar-refractivity contribution in [1.29, 1.82) is 5.26 Å². The molecule has 0 bridgehead atoms. The zero-order valence-corrected chi connectivity index (χ0v) is 16.9. The third-order valence-corrected chi connectivity index (χ3v) is 5.09. The number of nitrogens with one attached hydrogen (secondary N) is 1. The van der Waals surface area contributed by atoms with Gasteiger partial charge in [0.15, 0.2) is 0 Å². The molecule has 7 nitrogen and oxygen atoms in total. The molecule has 1 unspecified atom stereocenters. The maximum atomic E-state index is 13.0. The second-order valence-electron chi connectivity index (χ2n) is 6.64. The average molecular weight is 420 g/mol. The van der Waals surface area contributed by atoms with Crippen LogP contribution in [0, 0.1) is 18.3 Å². The van der Waals surface area contributed by atoms with Gasteiger partial charge in [0.05, 0.1) is 17.3 Å². The summed E-state index contributed by atoms with van der Waals surface area (Å²) in [5.74, 6) is -0.586. The van der Waals surface area contributed by atoms with Crippen LogP contribution in [0.1, 0.15) is 32.7 Å². The van der Waals surface area contributed by atoms with E-state index in [9.17, 15) is 18.4 Å². The summed E-state index contributed by atoms with van der Waals surface area (Å²) in [6.07, 6.45) is 0. The molecule has 1 atom stereocenters. The molecule has 1 amide bonds. The topological polar surface area (TPSA) is 115 Å². The molecule has 3 rings (SSSR count). The molecule has 0 aliphatic rings. The number of aromatic nitrogens is 1. The summed E-state index contributed by atoms with van der Waals surface area (Å²) in [7, 11) is 0. The number of carbonyl (C=O) groups is 1. The molecule has 0 saturated heterocycles. The molecule has 2 aromatic carbocycles. The van der Waals surface area contributed by atoms with Gasteiger partial charge in [0.2, 0.25) is 0 Å². The number of hydrogen-bond acceptors (Lipinski definition) is 5. The molecule has 0 spiro atoms. The molecule has 8 heteroatoms. The molecule has 0 fully saturated rings. The van der Waals surface area contributed by atoms with Crippen LogP contribution < -0.4 is 10.9 Å². The van der Waals surface area contributed by atoms with Crippen molar-refractivity contribution in [2.45, 2.75) is 19.2 Å². The Kier molecular flexibility index (Phi) is 6.57. The monoisotopic (exact) mass is 420 g/mol. The summed E-state index contributed by atoms with van der Waals surface area (Å²) in [4.78, 5) is 25.6. The van der Waals surface area contributed by atoms with Crippen LogP contribution in [-0.2, 0) is 23.4 Å². The lowest BCUT2D eigenvalue weighted by Gasteiger charge is -2.13. The van der Waals surface area contributed by atoms with Crippen molar-refractivity contribution in [3.05, 3.63) is 99.0 Å². The molecule has 0 aliphatic heterocycles. The van der Waals surface area contributed by atoms with Crippen molar-refractivity contribution in [3.8, 4) is 11.8 Å². The van der Waals surface area contributed by atoms with Gasteiger partial charge in [0, 0.05) is 18.0 Å². The number of aryl methyl sites for hydroxylation is 1. The fourth-order valence-corrected chi connectivity index (χ4v) is 3.47. The minimum absolute atomic E-state index is 0.0127. The fourth-order valence-electron chi connectivity index (χ4n) is 3.01. The van der Waals surface area contributed by atoms with Crippen LogP contribution in [0.2, 0.25) is 0 Å². The van der Waals surface area contributed by atoms with Gasteiger partial charge < -0.3 is 9.87 Å². The lowest BCUT2D eigenvalue weighted by molar-refractivity contribution is 0.0949. The summed E-state index contributed by atoms with van der Waals surface area (Å²) in [5, 5.41) is 11.8. The van der Waals surface area contributed by atoms with Crippen molar-refractivity contribution in [3.63, 3.8) is 0 Å². The lowest BCUT2D eigenvalue weighted by atomic mass is 10.1. The van der Waals surface area contributed by atoms with E-state index in [2.05, 4.69) is 5.32 Å². The van der Waals surface area contributed by atoms with Crippen LogP contribution in [-0.4, -0.2) is 19.2 Å². The Balaban J connectivity index is 1.80. The number of carbonyl (C=O) groups excluding carboxylic acids is 1. The Bertz CT molecular complexity index is 1210. The van der Waals surface area contributed by atoms with Gasteiger partial charge in [-0.3, -0.25) is 18.4 Å². The number of nitrogens with zero attached hydrogens (tertiary/aromatic N) is 2. The summed E-state index contributed by atoms with van der Waals surface area (Å²) in [6, 6.07) is 18.6. The molecule has 0 radical (unpaired) electrons. The maximum Gasteiger partial charge on any atom is 0.268 e. The highest BCUT2D eigenvalue weighted by molar-refractivity contribution is 7.78.